The third-order valence-electron chi connectivity index (χ3n) is 4.30. The maximum absolute atomic E-state index is 11.9. The quantitative estimate of drug-likeness (QED) is 0.810. The fourth-order valence-electron chi connectivity index (χ4n) is 2.95. The second kappa shape index (κ2) is 7.94. The monoisotopic (exact) mass is 305 g/mol. The summed E-state index contributed by atoms with van der Waals surface area (Å²) in [6, 6.07) is 6.65. The van der Waals surface area contributed by atoms with Crippen LogP contribution in [-0.2, 0) is 16.0 Å². The number of hydrogen-bond acceptors (Lipinski definition) is 3. The van der Waals surface area contributed by atoms with Gasteiger partial charge < -0.3 is 15.2 Å². The first kappa shape index (κ1) is 16.5. The van der Waals surface area contributed by atoms with Gasteiger partial charge >= 0.3 is 5.97 Å². The number of hydrogen-bond donors (Lipinski definition) is 2. The number of carbonyl (C=O) groups is 2. The van der Waals surface area contributed by atoms with E-state index in [0.717, 1.165) is 24.8 Å². The minimum absolute atomic E-state index is 0.0315. The first-order valence-electron chi connectivity index (χ1n) is 7.72. The Morgan fingerprint density at radius 3 is 2.64 bits per heavy atom. The Labute approximate surface area is 130 Å². The number of benzene rings is 1. The first-order chi connectivity index (χ1) is 10.6. The largest absolute Gasteiger partial charge is 0.478 e. The predicted molar refractivity (Wildman–Crippen MR) is 82.9 cm³/mol. The average Bonchev–Trinajstić information content (AvgIpc) is 2.98. The van der Waals surface area contributed by atoms with Gasteiger partial charge in [0.25, 0.3) is 0 Å². The van der Waals surface area contributed by atoms with E-state index in [1.165, 1.54) is 0 Å². The summed E-state index contributed by atoms with van der Waals surface area (Å²) in [6.07, 6.45) is 4.64. The second-order valence-electron chi connectivity index (χ2n) is 5.77. The van der Waals surface area contributed by atoms with E-state index < -0.39 is 5.97 Å². The highest BCUT2D eigenvalue weighted by atomic mass is 16.5. The lowest BCUT2D eigenvalue weighted by atomic mass is 10.1. The molecular weight excluding hydrogens is 282 g/mol. The fraction of sp³-hybridized carbons (Fsp3) is 0.529. The summed E-state index contributed by atoms with van der Waals surface area (Å²) in [5.74, 6) is -0.485. The standard InChI is InChI=1S/C17H23NO4/c1-22-15-4-2-3-14(15)11-18-16(19)10-7-12-5-8-13(9-6-12)17(20)21/h5-6,8-9,14-15H,2-4,7,10-11H2,1H3,(H,18,19)(H,20,21). The summed E-state index contributed by atoms with van der Waals surface area (Å²) in [5.41, 5.74) is 1.23. The highest BCUT2D eigenvalue weighted by Gasteiger charge is 2.27. The highest BCUT2D eigenvalue weighted by Crippen LogP contribution is 2.27. The second-order valence-corrected chi connectivity index (χ2v) is 5.77. The molecule has 0 spiro atoms. The lowest BCUT2D eigenvalue weighted by molar-refractivity contribution is -0.121. The molecule has 0 radical (unpaired) electrons. The van der Waals surface area contributed by atoms with E-state index in [2.05, 4.69) is 5.32 Å². The molecule has 22 heavy (non-hydrogen) atoms. The van der Waals surface area contributed by atoms with E-state index in [1.54, 1.807) is 31.4 Å². The van der Waals surface area contributed by atoms with Crippen LogP contribution in [0.2, 0.25) is 0 Å². The SMILES string of the molecule is COC1CCCC1CNC(=O)CCc1ccc(C(=O)O)cc1. The van der Waals surface area contributed by atoms with Gasteiger partial charge in [0.1, 0.15) is 0 Å². The minimum atomic E-state index is -0.937. The Balaban J connectivity index is 1.72. The molecule has 2 rings (SSSR count). The summed E-state index contributed by atoms with van der Waals surface area (Å²) < 4.78 is 5.42. The van der Waals surface area contributed by atoms with Crippen molar-refractivity contribution in [3.05, 3.63) is 35.4 Å². The molecular formula is C17H23NO4. The van der Waals surface area contributed by atoms with Crippen LogP contribution in [0, 0.1) is 5.92 Å². The van der Waals surface area contributed by atoms with Gasteiger partial charge in [-0.2, -0.15) is 0 Å². The summed E-state index contributed by atoms with van der Waals surface area (Å²) >= 11 is 0. The fourth-order valence-corrected chi connectivity index (χ4v) is 2.95. The molecule has 2 N–H and O–H groups in total. The molecule has 1 fully saturated rings. The Bertz CT molecular complexity index is 512. The number of methoxy groups -OCH3 is 1. The molecule has 2 atom stereocenters. The molecule has 1 amide bonds. The normalized spacial score (nSPS) is 20.8. The molecule has 1 aliphatic carbocycles. The van der Waals surface area contributed by atoms with E-state index in [9.17, 15) is 9.59 Å². The van der Waals surface area contributed by atoms with Gasteiger partial charge in [0.2, 0.25) is 5.91 Å². The van der Waals surface area contributed by atoms with Crippen LogP contribution < -0.4 is 5.32 Å². The third-order valence-corrected chi connectivity index (χ3v) is 4.30. The van der Waals surface area contributed by atoms with Crippen molar-refractivity contribution in [1.82, 2.24) is 5.32 Å². The van der Waals surface area contributed by atoms with Crippen molar-refractivity contribution in [2.45, 2.75) is 38.2 Å². The van der Waals surface area contributed by atoms with E-state index in [0.29, 0.717) is 25.3 Å². The molecule has 0 aliphatic heterocycles. The Morgan fingerprint density at radius 2 is 2.00 bits per heavy atom. The van der Waals surface area contributed by atoms with Crippen molar-refractivity contribution in [3.63, 3.8) is 0 Å². The van der Waals surface area contributed by atoms with Gasteiger partial charge in [0.05, 0.1) is 11.7 Å². The average molecular weight is 305 g/mol. The van der Waals surface area contributed by atoms with E-state index in [1.807, 2.05) is 0 Å². The van der Waals surface area contributed by atoms with Crippen LogP contribution in [0.5, 0.6) is 0 Å². The molecule has 1 saturated carbocycles. The molecule has 120 valence electrons. The van der Waals surface area contributed by atoms with Crippen LogP contribution in [-0.4, -0.2) is 36.7 Å². The van der Waals surface area contributed by atoms with Crippen LogP contribution in [0.25, 0.3) is 0 Å². The van der Waals surface area contributed by atoms with Gasteiger partial charge in [-0.1, -0.05) is 18.6 Å². The summed E-state index contributed by atoms with van der Waals surface area (Å²) in [7, 11) is 1.73. The lowest BCUT2D eigenvalue weighted by Gasteiger charge is -2.18. The van der Waals surface area contributed by atoms with Gasteiger partial charge in [-0.05, 0) is 37.0 Å². The maximum atomic E-state index is 11.9. The molecule has 1 aliphatic rings. The topological polar surface area (TPSA) is 75.6 Å². The van der Waals surface area contributed by atoms with E-state index in [4.69, 9.17) is 9.84 Å². The van der Waals surface area contributed by atoms with Crippen molar-refractivity contribution >= 4 is 11.9 Å². The molecule has 1 aromatic carbocycles. The Hall–Kier alpha value is -1.88. The number of rotatable bonds is 7. The number of ether oxygens (including phenoxy) is 1. The highest BCUT2D eigenvalue weighted by molar-refractivity contribution is 5.87. The van der Waals surface area contributed by atoms with Crippen LogP contribution in [0.4, 0.5) is 0 Å². The van der Waals surface area contributed by atoms with Gasteiger partial charge in [-0.25, -0.2) is 4.79 Å². The summed E-state index contributed by atoms with van der Waals surface area (Å²) in [5, 5.41) is 11.8. The van der Waals surface area contributed by atoms with Crippen molar-refractivity contribution in [1.29, 1.82) is 0 Å². The van der Waals surface area contributed by atoms with Gasteiger partial charge in [-0.15, -0.1) is 0 Å². The van der Waals surface area contributed by atoms with Crippen molar-refractivity contribution in [3.8, 4) is 0 Å². The smallest absolute Gasteiger partial charge is 0.335 e. The summed E-state index contributed by atoms with van der Waals surface area (Å²) in [4.78, 5) is 22.7. The number of carboxylic acids is 1. The minimum Gasteiger partial charge on any atom is -0.478 e. The van der Waals surface area contributed by atoms with Crippen LogP contribution in [0.3, 0.4) is 0 Å². The number of carbonyl (C=O) groups excluding carboxylic acids is 1. The molecule has 5 heteroatoms. The maximum Gasteiger partial charge on any atom is 0.335 e. The summed E-state index contributed by atoms with van der Waals surface area (Å²) in [6.45, 7) is 0.676. The molecule has 0 heterocycles. The number of nitrogens with one attached hydrogen (secondary N) is 1. The zero-order valence-electron chi connectivity index (χ0n) is 12.9. The van der Waals surface area contributed by atoms with Crippen molar-refractivity contribution < 1.29 is 19.4 Å². The molecule has 0 saturated heterocycles. The Kier molecular flexibility index (Phi) is 5.95. The van der Waals surface area contributed by atoms with Crippen LogP contribution >= 0.6 is 0 Å². The van der Waals surface area contributed by atoms with Crippen LogP contribution in [0.1, 0.15) is 41.6 Å². The van der Waals surface area contributed by atoms with Gasteiger partial charge in [0.15, 0.2) is 0 Å². The number of aromatic carboxylic acids is 1. The zero-order valence-corrected chi connectivity index (χ0v) is 12.9. The van der Waals surface area contributed by atoms with Crippen molar-refractivity contribution in [2.75, 3.05) is 13.7 Å². The first-order valence-corrected chi connectivity index (χ1v) is 7.72. The van der Waals surface area contributed by atoms with Gasteiger partial charge in [0, 0.05) is 26.0 Å². The van der Waals surface area contributed by atoms with Crippen LogP contribution in [0.15, 0.2) is 24.3 Å². The Morgan fingerprint density at radius 1 is 1.27 bits per heavy atom. The van der Waals surface area contributed by atoms with Gasteiger partial charge in [-0.3, -0.25) is 4.79 Å². The number of aryl methyl sites for hydroxylation is 1. The van der Waals surface area contributed by atoms with E-state index >= 15 is 0 Å². The predicted octanol–water partition coefficient (Wildman–Crippen LogP) is 2.25. The number of amides is 1. The zero-order chi connectivity index (χ0) is 15.9. The third kappa shape index (κ3) is 4.56. The molecule has 0 aromatic heterocycles. The molecule has 5 nitrogen and oxygen atoms in total. The molecule has 1 aromatic rings. The molecule has 2 unspecified atom stereocenters. The lowest BCUT2D eigenvalue weighted by Crippen LogP contribution is -2.33. The number of carboxylic acid groups (broad SMARTS) is 1. The molecule has 0 bridgehead atoms. The van der Waals surface area contributed by atoms with Crippen molar-refractivity contribution in [2.24, 2.45) is 5.92 Å². The van der Waals surface area contributed by atoms with E-state index in [-0.39, 0.29) is 17.6 Å².